The quantitative estimate of drug-likeness (QED) is 0.669. The molecule has 2 aromatic rings. The van der Waals surface area contributed by atoms with E-state index in [-0.39, 0.29) is 11.2 Å². The smallest absolute Gasteiger partial charge is 0.123 e. The number of halogens is 3. The molecule has 0 saturated heterocycles. The van der Waals surface area contributed by atoms with Gasteiger partial charge < -0.3 is 0 Å². The SMILES string of the molecule is Cc1cc(Cl)ccc1C(Cl)Cc1ccc(F)cc1. The summed E-state index contributed by atoms with van der Waals surface area (Å²) < 4.78 is 12.8. The lowest BCUT2D eigenvalue weighted by molar-refractivity contribution is 0.627. The fraction of sp³-hybridized carbons (Fsp3) is 0.200. The minimum Gasteiger partial charge on any atom is -0.207 e. The van der Waals surface area contributed by atoms with Gasteiger partial charge in [-0.15, -0.1) is 11.6 Å². The minimum absolute atomic E-state index is 0.132. The largest absolute Gasteiger partial charge is 0.207 e. The van der Waals surface area contributed by atoms with Gasteiger partial charge in [0.05, 0.1) is 5.38 Å². The Morgan fingerprint density at radius 2 is 1.78 bits per heavy atom. The second-order valence-electron chi connectivity index (χ2n) is 4.30. The highest BCUT2D eigenvalue weighted by Crippen LogP contribution is 2.29. The van der Waals surface area contributed by atoms with Crippen LogP contribution in [0.5, 0.6) is 0 Å². The molecule has 0 bridgehead atoms. The molecular formula is C15H13Cl2F. The predicted molar refractivity (Wildman–Crippen MR) is 74.9 cm³/mol. The molecule has 1 unspecified atom stereocenters. The molecule has 1 atom stereocenters. The van der Waals surface area contributed by atoms with Crippen molar-refractivity contribution in [2.24, 2.45) is 0 Å². The van der Waals surface area contributed by atoms with Crippen molar-refractivity contribution in [1.82, 2.24) is 0 Å². The maximum absolute atomic E-state index is 12.8. The minimum atomic E-state index is -0.229. The van der Waals surface area contributed by atoms with Gasteiger partial charge in [0.1, 0.15) is 5.82 Å². The molecule has 0 aliphatic rings. The summed E-state index contributed by atoms with van der Waals surface area (Å²) in [6, 6.07) is 12.1. The van der Waals surface area contributed by atoms with Crippen molar-refractivity contribution in [3.8, 4) is 0 Å². The second-order valence-corrected chi connectivity index (χ2v) is 5.26. The summed E-state index contributed by atoms with van der Waals surface area (Å²) in [4.78, 5) is 0. The van der Waals surface area contributed by atoms with E-state index in [1.807, 2.05) is 25.1 Å². The third kappa shape index (κ3) is 3.24. The van der Waals surface area contributed by atoms with Crippen LogP contribution in [0.2, 0.25) is 5.02 Å². The van der Waals surface area contributed by atoms with Gasteiger partial charge in [-0.25, -0.2) is 4.39 Å². The normalized spacial score (nSPS) is 12.4. The van der Waals surface area contributed by atoms with Crippen LogP contribution in [0.4, 0.5) is 4.39 Å². The molecule has 18 heavy (non-hydrogen) atoms. The van der Waals surface area contributed by atoms with Crippen molar-refractivity contribution in [3.05, 3.63) is 70.0 Å². The summed E-state index contributed by atoms with van der Waals surface area (Å²) in [5.74, 6) is -0.229. The first-order valence-electron chi connectivity index (χ1n) is 5.71. The van der Waals surface area contributed by atoms with Crippen molar-refractivity contribution >= 4 is 23.2 Å². The maximum Gasteiger partial charge on any atom is 0.123 e. The van der Waals surface area contributed by atoms with Gasteiger partial charge in [0.15, 0.2) is 0 Å². The van der Waals surface area contributed by atoms with Crippen LogP contribution >= 0.6 is 23.2 Å². The Kier molecular flexibility index (Phi) is 4.26. The molecule has 0 spiro atoms. The third-order valence-corrected chi connectivity index (χ3v) is 3.52. The third-order valence-electron chi connectivity index (χ3n) is 2.90. The summed E-state index contributed by atoms with van der Waals surface area (Å²) in [6.07, 6.45) is 0.671. The molecule has 0 aromatic heterocycles. The average Bonchev–Trinajstić information content (AvgIpc) is 2.32. The van der Waals surface area contributed by atoms with Crippen LogP contribution in [0.3, 0.4) is 0 Å². The molecule has 2 rings (SSSR count). The number of alkyl halides is 1. The topological polar surface area (TPSA) is 0 Å². The van der Waals surface area contributed by atoms with Crippen LogP contribution in [-0.4, -0.2) is 0 Å². The molecule has 0 aliphatic carbocycles. The highest BCUT2D eigenvalue weighted by Gasteiger charge is 2.11. The van der Waals surface area contributed by atoms with E-state index in [4.69, 9.17) is 23.2 Å². The van der Waals surface area contributed by atoms with Crippen molar-refractivity contribution in [3.63, 3.8) is 0 Å². The molecule has 0 nitrogen and oxygen atoms in total. The van der Waals surface area contributed by atoms with Gasteiger partial charge in [-0.2, -0.15) is 0 Å². The molecular weight excluding hydrogens is 270 g/mol. The van der Waals surface area contributed by atoms with E-state index in [0.29, 0.717) is 11.4 Å². The molecule has 0 fully saturated rings. The van der Waals surface area contributed by atoms with E-state index in [1.165, 1.54) is 12.1 Å². The summed E-state index contributed by atoms with van der Waals surface area (Å²) in [5, 5.41) is 0.578. The number of benzene rings is 2. The van der Waals surface area contributed by atoms with Crippen molar-refractivity contribution < 1.29 is 4.39 Å². The van der Waals surface area contributed by atoms with Crippen LogP contribution in [0.25, 0.3) is 0 Å². The van der Waals surface area contributed by atoms with Crippen molar-refractivity contribution in [1.29, 1.82) is 0 Å². The Hall–Kier alpha value is -1.05. The summed E-state index contributed by atoms with van der Waals surface area (Å²) in [6.45, 7) is 1.99. The molecule has 0 amide bonds. The zero-order valence-electron chi connectivity index (χ0n) is 9.96. The van der Waals surface area contributed by atoms with Crippen LogP contribution in [0.15, 0.2) is 42.5 Å². The van der Waals surface area contributed by atoms with Crippen LogP contribution < -0.4 is 0 Å². The Labute approximate surface area is 116 Å². The van der Waals surface area contributed by atoms with Gasteiger partial charge in [0.25, 0.3) is 0 Å². The molecule has 3 heteroatoms. The average molecular weight is 283 g/mol. The van der Waals surface area contributed by atoms with E-state index in [1.54, 1.807) is 12.1 Å². The molecule has 2 aromatic carbocycles. The van der Waals surface area contributed by atoms with Gasteiger partial charge >= 0.3 is 0 Å². The number of hydrogen-bond donors (Lipinski definition) is 0. The molecule has 0 heterocycles. The molecule has 0 radical (unpaired) electrons. The fourth-order valence-corrected chi connectivity index (χ4v) is 2.58. The standard InChI is InChI=1S/C15H13Cl2F/c1-10-8-12(16)4-7-14(10)15(17)9-11-2-5-13(18)6-3-11/h2-8,15H,9H2,1H3. The zero-order chi connectivity index (χ0) is 13.1. The summed E-state index contributed by atoms with van der Waals surface area (Å²) in [5.41, 5.74) is 3.15. The van der Waals surface area contributed by atoms with Gasteiger partial charge in [-0.1, -0.05) is 29.8 Å². The van der Waals surface area contributed by atoms with Crippen LogP contribution in [0, 0.1) is 12.7 Å². The van der Waals surface area contributed by atoms with Crippen molar-refractivity contribution in [2.45, 2.75) is 18.7 Å². The van der Waals surface area contributed by atoms with E-state index in [0.717, 1.165) is 16.7 Å². The Morgan fingerprint density at radius 1 is 1.11 bits per heavy atom. The van der Waals surface area contributed by atoms with E-state index in [2.05, 4.69) is 0 Å². The summed E-state index contributed by atoms with van der Waals surface area (Å²) >= 11 is 12.3. The Morgan fingerprint density at radius 3 is 2.39 bits per heavy atom. The lowest BCUT2D eigenvalue weighted by atomic mass is 10.00. The number of rotatable bonds is 3. The summed E-state index contributed by atoms with van der Waals surface area (Å²) in [7, 11) is 0. The first-order chi connectivity index (χ1) is 8.56. The molecule has 0 aliphatic heterocycles. The van der Waals surface area contributed by atoms with Crippen LogP contribution in [0.1, 0.15) is 22.1 Å². The van der Waals surface area contributed by atoms with Gasteiger partial charge in [0.2, 0.25) is 0 Å². The predicted octanol–water partition coefficient (Wildman–Crippen LogP) is 5.31. The van der Waals surface area contributed by atoms with Gasteiger partial charge in [-0.3, -0.25) is 0 Å². The molecule has 94 valence electrons. The highest BCUT2D eigenvalue weighted by atomic mass is 35.5. The Bertz CT molecular complexity index is 535. The van der Waals surface area contributed by atoms with E-state index in [9.17, 15) is 4.39 Å². The fourth-order valence-electron chi connectivity index (χ4n) is 1.93. The van der Waals surface area contributed by atoms with Crippen molar-refractivity contribution in [2.75, 3.05) is 0 Å². The zero-order valence-corrected chi connectivity index (χ0v) is 11.5. The lowest BCUT2D eigenvalue weighted by Gasteiger charge is -2.13. The van der Waals surface area contributed by atoms with Gasteiger partial charge in [-0.05, 0) is 54.3 Å². The van der Waals surface area contributed by atoms with Gasteiger partial charge in [0, 0.05) is 5.02 Å². The monoisotopic (exact) mass is 282 g/mol. The molecule has 0 N–H and O–H groups in total. The number of hydrogen-bond acceptors (Lipinski definition) is 0. The molecule has 0 saturated carbocycles. The lowest BCUT2D eigenvalue weighted by Crippen LogP contribution is -1.98. The second kappa shape index (κ2) is 5.73. The highest BCUT2D eigenvalue weighted by molar-refractivity contribution is 6.30. The van der Waals surface area contributed by atoms with E-state index < -0.39 is 0 Å². The number of aryl methyl sites for hydroxylation is 1. The Balaban J connectivity index is 2.16. The first kappa shape index (κ1) is 13.4. The van der Waals surface area contributed by atoms with E-state index >= 15 is 0 Å². The first-order valence-corrected chi connectivity index (χ1v) is 6.52. The van der Waals surface area contributed by atoms with Crippen LogP contribution in [-0.2, 0) is 6.42 Å². The maximum atomic E-state index is 12.8.